The average Bonchev–Trinajstić information content (AvgIpc) is 3.05. The first-order valence-electron chi connectivity index (χ1n) is 9.66. The Morgan fingerprint density at radius 3 is 2.40 bits per heavy atom. The highest BCUT2D eigenvalue weighted by atomic mass is 35.5. The van der Waals surface area contributed by atoms with Gasteiger partial charge in [0.2, 0.25) is 0 Å². The van der Waals surface area contributed by atoms with Gasteiger partial charge in [-0.1, -0.05) is 17.7 Å². The van der Waals surface area contributed by atoms with Crippen molar-refractivity contribution in [2.24, 2.45) is 0 Å². The highest BCUT2D eigenvalue weighted by Crippen LogP contribution is 2.32. The Labute approximate surface area is 182 Å². The fraction of sp³-hybridized carbons (Fsp3) is 0.318. The van der Waals surface area contributed by atoms with Gasteiger partial charge in [-0.15, -0.1) is 0 Å². The Hall–Kier alpha value is -2.51. The van der Waals surface area contributed by atoms with E-state index in [1.165, 1.54) is 11.0 Å². The Morgan fingerprint density at radius 1 is 1.10 bits per heavy atom. The van der Waals surface area contributed by atoms with Gasteiger partial charge in [0, 0.05) is 21.7 Å². The van der Waals surface area contributed by atoms with Gasteiger partial charge in [-0.2, -0.15) is 0 Å². The zero-order valence-corrected chi connectivity index (χ0v) is 18.7. The van der Waals surface area contributed by atoms with Gasteiger partial charge in [0.05, 0.1) is 25.0 Å². The molecule has 8 heteroatoms. The largest absolute Gasteiger partial charge is 0.490 e. The predicted octanol–water partition coefficient (Wildman–Crippen LogP) is 4.40. The lowest BCUT2D eigenvalue weighted by Crippen LogP contribution is -2.41. The number of rotatable bonds is 7. The minimum absolute atomic E-state index is 0.181. The van der Waals surface area contributed by atoms with E-state index in [2.05, 4.69) is 0 Å². The van der Waals surface area contributed by atoms with Crippen LogP contribution in [0.3, 0.4) is 0 Å². The lowest BCUT2D eigenvalue weighted by atomic mass is 10.1. The minimum atomic E-state index is -3.37. The second-order valence-corrected chi connectivity index (χ2v) is 9.20. The molecule has 0 bridgehead atoms. The predicted molar refractivity (Wildman–Crippen MR) is 118 cm³/mol. The normalized spacial score (nSPS) is 17.0. The third-order valence-electron chi connectivity index (χ3n) is 4.69. The molecule has 0 unspecified atom stereocenters. The van der Waals surface area contributed by atoms with Crippen molar-refractivity contribution in [3.05, 3.63) is 64.0 Å². The number of hydrogen-bond donors (Lipinski definition) is 0. The Balaban J connectivity index is 2.05. The fourth-order valence-corrected chi connectivity index (χ4v) is 4.68. The van der Waals surface area contributed by atoms with Gasteiger partial charge < -0.3 is 14.4 Å². The van der Waals surface area contributed by atoms with Crippen LogP contribution in [0.5, 0.6) is 11.5 Å². The maximum absolute atomic E-state index is 13.5. The first kappa shape index (κ1) is 22.2. The molecule has 0 aromatic heterocycles. The SMILES string of the molecule is CCOc1ccc(C(=O)N(c2ccc(C)c(Cl)c2)[C@H]2C=CS(=O)(=O)C2)cc1OCC. The van der Waals surface area contributed by atoms with Crippen molar-refractivity contribution in [2.75, 3.05) is 23.9 Å². The molecule has 6 nitrogen and oxygen atoms in total. The summed E-state index contributed by atoms with van der Waals surface area (Å²) < 4.78 is 35.3. The van der Waals surface area contributed by atoms with Crippen molar-refractivity contribution in [2.45, 2.75) is 26.8 Å². The van der Waals surface area contributed by atoms with Crippen LogP contribution in [0.25, 0.3) is 0 Å². The summed E-state index contributed by atoms with van der Waals surface area (Å²) in [6.45, 7) is 6.45. The van der Waals surface area contributed by atoms with Gasteiger partial charge in [0.25, 0.3) is 5.91 Å². The lowest BCUT2D eigenvalue weighted by Gasteiger charge is -2.28. The first-order valence-corrected chi connectivity index (χ1v) is 11.8. The van der Waals surface area contributed by atoms with Crippen molar-refractivity contribution in [3.63, 3.8) is 0 Å². The van der Waals surface area contributed by atoms with Crippen LogP contribution in [0.1, 0.15) is 29.8 Å². The summed E-state index contributed by atoms with van der Waals surface area (Å²) in [6, 6.07) is 9.54. The number of halogens is 1. The fourth-order valence-electron chi connectivity index (χ4n) is 3.23. The van der Waals surface area contributed by atoms with E-state index in [1.807, 2.05) is 20.8 Å². The summed E-state index contributed by atoms with van der Waals surface area (Å²) in [4.78, 5) is 15.0. The van der Waals surface area contributed by atoms with Gasteiger partial charge in [-0.25, -0.2) is 8.42 Å². The number of nitrogens with zero attached hydrogens (tertiary/aromatic N) is 1. The molecule has 2 aromatic carbocycles. The monoisotopic (exact) mass is 449 g/mol. The second-order valence-electron chi connectivity index (χ2n) is 6.86. The number of anilines is 1. The van der Waals surface area contributed by atoms with Gasteiger partial charge in [0.15, 0.2) is 21.3 Å². The van der Waals surface area contributed by atoms with Crippen LogP contribution < -0.4 is 14.4 Å². The molecular formula is C22H24ClNO5S. The molecule has 0 saturated heterocycles. The van der Waals surface area contributed by atoms with Crippen molar-refractivity contribution in [1.29, 1.82) is 0 Å². The molecule has 1 heterocycles. The van der Waals surface area contributed by atoms with E-state index < -0.39 is 15.9 Å². The average molecular weight is 450 g/mol. The number of aryl methyl sites for hydroxylation is 1. The quantitative estimate of drug-likeness (QED) is 0.626. The molecule has 0 aliphatic carbocycles. The zero-order chi connectivity index (χ0) is 21.9. The molecule has 1 atom stereocenters. The third-order valence-corrected chi connectivity index (χ3v) is 6.47. The zero-order valence-electron chi connectivity index (χ0n) is 17.1. The highest BCUT2D eigenvalue weighted by Gasteiger charge is 2.32. The van der Waals surface area contributed by atoms with Crippen LogP contribution in [-0.4, -0.2) is 39.3 Å². The van der Waals surface area contributed by atoms with E-state index in [-0.39, 0.29) is 11.7 Å². The van der Waals surface area contributed by atoms with E-state index in [0.717, 1.165) is 11.0 Å². The van der Waals surface area contributed by atoms with E-state index in [9.17, 15) is 13.2 Å². The van der Waals surface area contributed by atoms with Crippen molar-refractivity contribution < 1.29 is 22.7 Å². The molecule has 0 spiro atoms. The standard InChI is InChI=1S/C22H24ClNO5S/c1-4-28-20-9-7-16(12-21(20)29-5-2)22(25)24(18-10-11-30(26,27)14-18)17-8-6-15(3)19(23)13-17/h6-13,18H,4-5,14H2,1-3H3/t18-/m0/s1. The van der Waals surface area contributed by atoms with Gasteiger partial charge in [-0.05, 0) is 62.7 Å². The number of benzene rings is 2. The maximum atomic E-state index is 13.5. The molecule has 0 N–H and O–H groups in total. The summed E-state index contributed by atoms with van der Waals surface area (Å²) in [7, 11) is -3.37. The number of amides is 1. The molecule has 1 aliphatic rings. The minimum Gasteiger partial charge on any atom is -0.490 e. The Bertz CT molecular complexity index is 1080. The van der Waals surface area contributed by atoms with Gasteiger partial charge in [-0.3, -0.25) is 4.79 Å². The number of hydrogen-bond acceptors (Lipinski definition) is 5. The molecule has 0 fully saturated rings. The van der Waals surface area contributed by atoms with E-state index >= 15 is 0 Å². The van der Waals surface area contributed by atoms with Crippen LogP contribution in [0.4, 0.5) is 5.69 Å². The summed E-state index contributed by atoms with van der Waals surface area (Å²) in [6.07, 6.45) is 1.53. The molecule has 2 aromatic rings. The molecule has 160 valence electrons. The van der Waals surface area contributed by atoms with Crippen LogP contribution in [0.15, 0.2) is 47.9 Å². The molecule has 1 aliphatic heterocycles. The summed E-state index contributed by atoms with van der Waals surface area (Å²) >= 11 is 6.28. The molecular weight excluding hydrogens is 426 g/mol. The number of carbonyl (C=O) groups excluding carboxylic acids is 1. The van der Waals surface area contributed by atoms with Crippen molar-refractivity contribution in [1.82, 2.24) is 0 Å². The number of carbonyl (C=O) groups is 1. The Morgan fingerprint density at radius 2 is 1.80 bits per heavy atom. The summed E-state index contributed by atoms with van der Waals surface area (Å²) in [5, 5.41) is 1.65. The number of ether oxygens (including phenoxy) is 2. The summed E-state index contributed by atoms with van der Waals surface area (Å²) in [5.74, 6) is 0.469. The molecule has 0 saturated carbocycles. The smallest absolute Gasteiger partial charge is 0.258 e. The van der Waals surface area contributed by atoms with Gasteiger partial charge >= 0.3 is 0 Å². The van der Waals surface area contributed by atoms with Gasteiger partial charge in [0.1, 0.15) is 0 Å². The molecule has 3 rings (SSSR count). The topological polar surface area (TPSA) is 72.9 Å². The number of sulfone groups is 1. The summed E-state index contributed by atoms with van der Waals surface area (Å²) in [5.41, 5.74) is 1.74. The third kappa shape index (κ3) is 4.79. The maximum Gasteiger partial charge on any atom is 0.258 e. The lowest BCUT2D eigenvalue weighted by molar-refractivity contribution is 0.0982. The van der Waals surface area contributed by atoms with Crippen LogP contribution in [0.2, 0.25) is 5.02 Å². The second kappa shape index (κ2) is 9.10. The van der Waals surface area contributed by atoms with Crippen LogP contribution in [-0.2, 0) is 9.84 Å². The van der Waals surface area contributed by atoms with Crippen LogP contribution >= 0.6 is 11.6 Å². The molecule has 30 heavy (non-hydrogen) atoms. The van der Waals surface area contributed by atoms with E-state index in [4.69, 9.17) is 21.1 Å². The highest BCUT2D eigenvalue weighted by molar-refractivity contribution is 7.94. The van der Waals surface area contributed by atoms with Crippen LogP contribution in [0, 0.1) is 6.92 Å². The first-order chi connectivity index (χ1) is 14.3. The van der Waals surface area contributed by atoms with Crippen molar-refractivity contribution >= 4 is 33.0 Å². The van der Waals surface area contributed by atoms with Crippen molar-refractivity contribution in [3.8, 4) is 11.5 Å². The Kier molecular flexibility index (Phi) is 6.73. The van der Waals surface area contributed by atoms with E-state index in [1.54, 1.807) is 36.4 Å². The molecule has 1 amide bonds. The molecule has 0 radical (unpaired) electrons. The van der Waals surface area contributed by atoms with E-state index in [0.29, 0.717) is 41.0 Å².